The number of hydrogen-bond acceptors (Lipinski definition) is 7. The highest BCUT2D eigenvalue weighted by atomic mass is 32.2. The van der Waals surface area contributed by atoms with E-state index in [4.69, 9.17) is 10.00 Å². The van der Waals surface area contributed by atoms with Gasteiger partial charge in [-0.05, 0) is 24.3 Å². The maximum Gasteiger partial charge on any atom is 0.309 e. The van der Waals surface area contributed by atoms with Crippen LogP contribution < -0.4 is 5.32 Å². The Labute approximate surface area is 150 Å². The van der Waals surface area contributed by atoms with Crippen LogP contribution in [0.3, 0.4) is 0 Å². The Balaban J connectivity index is 1.77. The number of carbonyl (C=O) groups is 2. The second-order valence-corrected chi connectivity index (χ2v) is 8.59. The van der Waals surface area contributed by atoms with E-state index in [1.807, 2.05) is 6.07 Å². The van der Waals surface area contributed by atoms with Gasteiger partial charge < -0.3 is 10.1 Å². The maximum atomic E-state index is 12.4. The molecule has 2 rings (SSSR count). The lowest BCUT2D eigenvalue weighted by Crippen LogP contribution is -2.40. The average Bonchev–Trinajstić information content (AvgIpc) is 3.15. The van der Waals surface area contributed by atoms with Crippen LogP contribution in [0.5, 0.6) is 0 Å². The minimum atomic E-state index is -3.50. The summed E-state index contributed by atoms with van der Waals surface area (Å²) in [6.07, 6.45) is 0.913. The number of rotatable bonds is 7. The van der Waals surface area contributed by atoms with Gasteiger partial charge >= 0.3 is 5.97 Å². The van der Waals surface area contributed by atoms with E-state index in [2.05, 4.69) is 5.32 Å². The van der Waals surface area contributed by atoms with Gasteiger partial charge in [0.1, 0.15) is 4.21 Å². The average molecular weight is 385 g/mol. The number of nitrogens with zero attached hydrogens (tertiary/aromatic N) is 2. The van der Waals surface area contributed by atoms with Crippen molar-refractivity contribution in [2.24, 2.45) is 5.92 Å². The maximum absolute atomic E-state index is 12.4. The summed E-state index contributed by atoms with van der Waals surface area (Å²) >= 11 is 1.16. The van der Waals surface area contributed by atoms with Gasteiger partial charge in [0.15, 0.2) is 6.61 Å². The zero-order valence-corrected chi connectivity index (χ0v) is 15.1. The molecule has 0 aliphatic carbocycles. The van der Waals surface area contributed by atoms with Crippen molar-refractivity contribution < 1.29 is 22.7 Å². The standard InChI is InChI=1S/C15H19N3O5S2/c16-6-2-7-17-13(19)11-23-15(20)12-4-8-18(9-5-12)25(21,22)14-3-1-10-24-14/h1,3,10,12H,2,4-5,7-9,11H2,(H,17,19). The molecule has 0 bridgehead atoms. The Morgan fingerprint density at radius 1 is 1.40 bits per heavy atom. The zero-order valence-electron chi connectivity index (χ0n) is 13.5. The molecule has 0 unspecified atom stereocenters. The summed E-state index contributed by atoms with van der Waals surface area (Å²) in [5.41, 5.74) is 0. The SMILES string of the molecule is N#CCCNC(=O)COC(=O)C1CCN(S(=O)(=O)c2cccs2)CC1. The van der Waals surface area contributed by atoms with Gasteiger partial charge in [0.05, 0.1) is 18.4 Å². The molecule has 1 fully saturated rings. The van der Waals surface area contributed by atoms with Crippen LogP contribution in [0.1, 0.15) is 19.3 Å². The Morgan fingerprint density at radius 2 is 2.12 bits per heavy atom. The van der Waals surface area contributed by atoms with Crippen LogP contribution in [0.2, 0.25) is 0 Å². The van der Waals surface area contributed by atoms with Crippen molar-refractivity contribution in [2.45, 2.75) is 23.5 Å². The second kappa shape index (κ2) is 8.94. The lowest BCUT2D eigenvalue weighted by molar-refractivity contribution is -0.153. The Bertz CT molecular complexity index is 732. The molecule has 2 heterocycles. The van der Waals surface area contributed by atoms with E-state index < -0.39 is 34.4 Å². The fourth-order valence-corrected chi connectivity index (χ4v) is 5.05. The number of sulfonamides is 1. The minimum absolute atomic E-state index is 0.191. The number of amides is 1. The molecule has 8 nitrogen and oxygen atoms in total. The highest BCUT2D eigenvalue weighted by molar-refractivity contribution is 7.91. The van der Waals surface area contributed by atoms with Gasteiger partial charge in [-0.25, -0.2) is 8.42 Å². The van der Waals surface area contributed by atoms with E-state index in [0.717, 1.165) is 11.3 Å². The first-order chi connectivity index (χ1) is 11.9. The number of nitrogens with one attached hydrogen (secondary N) is 1. The molecule has 0 atom stereocenters. The van der Waals surface area contributed by atoms with Crippen molar-refractivity contribution >= 4 is 33.2 Å². The van der Waals surface area contributed by atoms with Gasteiger partial charge in [-0.1, -0.05) is 6.07 Å². The predicted octanol–water partition coefficient (Wildman–Crippen LogP) is 0.722. The molecule has 1 aliphatic rings. The summed E-state index contributed by atoms with van der Waals surface area (Å²) in [4.78, 5) is 23.4. The van der Waals surface area contributed by atoms with Gasteiger partial charge in [0.2, 0.25) is 0 Å². The summed E-state index contributed by atoms with van der Waals surface area (Å²) in [5.74, 6) is -1.37. The summed E-state index contributed by atoms with van der Waals surface area (Å²) in [6, 6.07) is 5.14. The first-order valence-corrected chi connectivity index (χ1v) is 10.1. The van der Waals surface area contributed by atoms with Gasteiger partial charge in [-0.15, -0.1) is 11.3 Å². The second-order valence-electron chi connectivity index (χ2n) is 5.48. The summed E-state index contributed by atoms with van der Waals surface area (Å²) in [6.45, 7) is 0.312. The molecular weight excluding hydrogens is 366 g/mol. The first kappa shape index (κ1) is 19.4. The van der Waals surface area contributed by atoms with Gasteiger partial charge in [-0.3, -0.25) is 9.59 Å². The molecule has 1 aromatic rings. The van der Waals surface area contributed by atoms with E-state index in [1.54, 1.807) is 17.5 Å². The number of ether oxygens (including phenoxy) is 1. The van der Waals surface area contributed by atoms with Crippen LogP contribution in [-0.2, 0) is 24.3 Å². The number of thiophene rings is 1. The van der Waals surface area contributed by atoms with Gasteiger partial charge in [0, 0.05) is 19.6 Å². The molecular formula is C15H19N3O5S2. The van der Waals surface area contributed by atoms with Crippen LogP contribution >= 0.6 is 11.3 Å². The van der Waals surface area contributed by atoms with Crippen LogP contribution in [-0.4, -0.2) is 50.8 Å². The van der Waals surface area contributed by atoms with E-state index >= 15 is 0 Å². The van der Waals surface area contributed by atoms with Crippen LogP contribution in [0.25, 0.3) is 0 Å². The number of nitriles is 1. The third-order valence-corrected chi connectivity index (χ3v) is 7.05. The molecule has 1 aliphatic heterocycles. The lowest BCUT2D eigenvalue weighted by atomic mass is 9.98. The van der Waals surface area contributed by atoms with Crippen molar-refractivity contribution in [3.8, 4) is 6.07 Å². The molecule has 136 valence electrons. The van der Waals surface area contributed by atoms with Crippen molar-refractivity contribution in [3.63, 3.8) is 0 Å². The van der Waals surface area contributed by atoms with E-state index in [-0.39, 0.29) is 26.1 Å². The lowest BCUT2D eigenvalue weighted by Gasteiger charge is -2.29. The molecule has 1 aromatic heterocycles. The van der Waals surface area contributed by atoms with Gasteiger partial charge in [0.25, 0.3) is 15.9 Å². The van der Waals surface area contributed by atoms with Crippen molar-refractivity contribution in [2.75, 3.05) is 26.2 Å². The number of carbonyl (C=O) groups excluding carboxylic acids is 2. The van der Waals surface area contributed by atoms with Crippen molar-refractivity contribution in [1.82, 2.24) is 9.62 Å². The Morgan fingerprint density at radius 3 is 2.72 bits per heavy atom. The van der Waals surface area contributed by atoms with E-state index in [0.29, 0.717) is 17.1 Å². The summed E-state index contributed by atoms with van der Waals surface area (Å²) in [7, 11) is -3.50. The number of hydrogen-bond donors (Lipinski definition) is 1. The molecule has 0 radical (unpaired) electrons. The summed E-state index contributed by atoms with van der Waals surface area (Å²) < 4.78 is 31.5. The third kappa shape index (κ3) is 5.26. The number of piperidine rings is 1. The monoisotopic (exact) mass is 385 g/mol. The Kier molecular flexibility index (Phi) is 6.92. The Hall–Kier alpha value is -1.96. The van der Waals surface area contributed by atoms with Crippen LogP contribution in [0.15, 0.2) is 21.7 Å². The molecule has 10 heteroatoms. The zero-order chi connectivity index (χ0) is 18.3. The summed E-state index contributed by atoms with van der Waals surface area (Å²) in [5, 5.41) is 12.5. The molecule has 1 saturated heterocycles. The fraction of sp³-hybridized carbons (Fsp3) is 0.533. The van der Waals surface area contributed by atoms with Crippen molar-refractivity contribution in [1.29, 1.82) is 5.26 Å². The first-order valence-electron chi connectivity index (χ1n) is 7.79. The van der Waals surface area contributed by atoms with Gasteiger partial charge in [-0.2, -0.15) is 9.57 Å². The highest BCUT2D eigenvalue weighted by Gasteiger charge is 2.33. The largest absolute Gasteiger partial charge is 0.455 e. The normalized spacial score (nSPS) is 16.1. The van der Waals surface area contributed by atoms with Crippen molar-refractivity contribution in [3.05, 3.63) is 17.5 Å². The highest BCUT2D eigenvalue weighted by Crippen LogP contribution is 2.26. The van der Waals surface area contributed by atoms with E-state index in [1.165, 1.54) is 4.31 Å². The molecule has 0 aromatic carbocycles. The van der Waals surface area contributed by atoms with Crippen LogP contribution in [0.4, 0.5) is 0 Å². The third-order valence-electron chi connectivity index (χ3n) is 3.78. The minimum Gasteiger partial charge on any atom is -0.455 e. The molecule has 0 spiro atoms. The quantitative estimate of drug-likeness (QED) is 0.546. The molecule has 25 heavy (non-hydrogen) atoms. The topological polar surface area (TPSA) is 117 Å². The molecule has 1 amide bonds. The molecule has 1 N–H and O–H groups in total. The predicted molar refractivity (Wildman–Crippen MR) is 90.0 cm³/mol. The van der Waals surface area contributed by atoms with Crippen LogP contribution in [0, 0.1) is 17.2 Å². The fourth-order valence-electron chi connectivity index (χ4n) is 2.43. The number of esters is 1. The van der Waals surface area contributed by atoms with E-state index in [9.17, 15) is 18.0 Å². The smallest absolute Gasteiger partial charge is 0.309 e. The molecule has 0 saturated carbocycles.